The second-order valence-corrected chi connectivity index (χ2v) is 7.55. The van der Waals surface area contributed by atoms with Gasteiger partial charge < -0.3 is 10.2 Å². The number of halogens is 1. The third kappa shape index (κ3) is 2.77. The van der Waals surface area contributed by atoms with E-state index in [4.69, 9.17) is 0 Å². The molecule has 4 heteroatoms. The van der Waals surface area contributed by atoms with Gasteiger partial charge in [0.05, 0.1) is 6.04 Å². The molecule has 1 aliphatic rings. The predicted molar refractivity (Wildman–Crippen MR) is 95.4 cm³/mol. The maximum absolute atomic E-state index is 3.63. The van der Waals surface area contributed by atoms with Gasteiger partial charge in [-0.3, -0.25) is 0 Å². The van der Waals surface area contributed by atoms with Crippen LogP contribution in [0.5, 0.6) is 0 Å². The monoisotopic (exact) mass is 364 g/mol. The van der Waals surface area contributed by atoms with Gasteiger partial charge in [-0.05, 0) is 62.0 Å². The van der Waals surface area contributed by atoms with Gasteiger partial charge in [0.25, 0.3) is 0 Å². The van der Waals surface area contributed by atoms with E-state index in [1.165, 1.54) is 16.8 Å². The van der Waals surface area contributed by atoms with Crippen LogP contribution in [0.2, 0.25) is 0 Å². The van der Waals surface area contributed by atoms with Crippen LogP contribution in [-0.2, 0) is 6.42 Å². The highest BCUT2D eigenvalue weighted by Gasteiger charge is 2.27. The second kappa shape index (κ2) is 6.11. The number of fused-ring (bicyclic) bond motifs is 1. The van der Waals surface area contributed by atoms with Crippen molar-refractivity contribution in [3.63, 3.8) is 0 Å². The minimum Gasteiger partial charge on any atom is -0.364 e. The van der Waals surface area contributed by atoms with Gasteiger partial charge in [0.1, 0.15) is 0 Å². The molecule has 0 bridgehead atoms. The molecule has 0 spiro atoms. The van der Waals surface area contributed by atoms with Gasteiger partial charge in [-0.1, -0.05) is 22.0 Å². The molecular weight excluding hydrogens is 344 g/mol. The van der Waals surface area contributed by atoms with E-state index >= 15 is 0 Å². The Morgan fingerprint density at radius 3 is 2.95 bits per heavy atom. The molecule has 2 heterocycles. The Morgan fingerprint density at radius 1 is 1.38 bits per heavy atom. The lowest BCUT2D eigenvalue weighted by molar-refractivity contribution is 0.609. The van der Waals surface area contributed by atoms with Crippen LogP contribution in [0.15, 0.2) is 34.1 Å². The summed E-state index contributed by atoms with van der Waals surface area (Å²) >= 11 is 5.53. The van der Waals surface area contributed by atoms with E-state index in [0.29, 0.717) is 12.1 Å². The van der Waals surface area contributed by atoms with E-state index in [9.17, 15) is 0 Å². The highest BCUT2D eigenvalue weighted by atomic mass is 79.9. The van der Waals surface area contributed by atoms with Crippen molar-refractivity contribution in [3.05, 3.63) is 50.1 Å². The fraction of sp³-hybridized carbons (Fsp3) is 0.412. The number of nitrogens with zero attached hydrogens (tertiary/aromatic N) is 1. The van der Waals surface area contributed by atoms with Crippen molar-refractivity contribution in [2.24, 2.45) is 0 Å². The minimum absolute atomic E-state index is 0.351. The Labute approximate surface area is 139 Å². The summed E-state index contributed by atoms with van der Waals surface area (Å²) in [4.78, 5) is 4.10. The highest BCUT2D eigenvalue weighted by Crippen LogP contribution is 2.39. The molecule has 2 unspecified atom stereocenters. The van der Waals surface area contributed by atoms with E-state index in [-0.39, 0.29) is 0 Å². The van der Waals surface area contributed by atoms with E-state index in [1.54, 1.807) is 4.88 Å². The summed E-state index contributed by atoms with van der Waals surface area (Å²) < 4.78 is 1.15. The number of thiophene rings is 1. The van der Waals surface area contributed by atoms with Crippen LogP contribution >= 0.6 is 27.3 Å². The quantitative estimate of drug-likeness (QED) is 0.831. The van der Waals surface area contributed by atoms with Gasteiger partial charge in [0.2, 0.25) is 0 Å². The normalized spacial score (nSPS) is 19.4. The molecule has 0 saturated heterocycles. The maximum Gasteiger partial charge on any atom is 0.0525 e. The van der Waals surface area contributed by atoms with Crippen molar-refractivity contribution >= 4 is 33.0 Å². The van der Waals surface area contributed by atoms with Crippen molar-refractivity contribution in [3.8, 4) is 0 Å². The Bertz CT molecular complexity index is 637. The van der Waals surface area contributed by atoms with E-state index < -0.39 is 0 Å². The molecule has 2 nitrogen and oxygen atoms in total. The SMILES string of the molecule is CNC(C)c1ccc(Br)cc1N1CCc2sccc2C1C. The Balaban J connectivity index is 2.02. The van der Waals surface area contributed by atoms with Crippen molar-refractivity contribution in [1.29, 1.82) is 0 Å². The summed E-state index contributed by atoms with van der Waals surface area (Å²) in [5, 5.41) is 5.59. The van der Waals surface area contributed by atoms with E-state index in [2.05, 4.69) is 69.6 Å². The van der Waals surface area contributed by atoms with Crippen LogP contribution in [0.4, 0.5) is 5.69 Å². The Hall–Kier alpha value is -0.840. The first-order chi connectivity index (χ1) is 10.1. The molecule has 21 heavy (non-hydrogen) atoms. The van der Waals surface area contributed by atoms with Gasteiger partial charge in [0.15, 0.2) is 0 Å². The van der Waals surface area contributed by atoms with Crippen molar-refractivity contribution in [2.75, 3.05) is 18.5 Å². The fourth-order valence-electron chi connectivity index (χ4n) is 3.13. The maximum atomic E-state index is 3.63. The van der Waals surface area contributed by atoms with E-state index in [0.717, 1.165) is 17.4 Å². The molecule has 1 N–H and O–H groups in total. The lowest BCUT2D eigenvalue weighted by Crippen LogP contribution is -2.34. The van der Waals surface area contributed by atoms with Gasteiger partial charge >= 0.3 is 0 Å². The summed E-state index contributed by atoms with van der Waals surface area (Å²) in [5.41, 5.74) is 4.20. The number of hydrogen-bond donors (Lipinski definition) is 1. The summed E-state index contributed by atoms with van der Waals surface area (Å²) in [6.07, 6.45) is 1.15. The standard InChI is InChI=1S/C17H21BrN2S/c1-11(19-3)14-5-4-13(18)10-16(14)20-8-6-17-15(12(20)2)7-9-21-17/h4-5,7,9-12,19H,6,8H2,1-3H3. The first-order valence-electron chi connectivity index (χ1n) is 7.41. The largest absolute Gasteiger partial charge is 0.364 e. The van der Waals surface area contributed by atoms with Crippen molar-refractivity contribution in [2.45, 2.75) is 32.4 Å². The van der Waals surface area contributed by atoms with Crippen molar-refractivity contribution in [1.82, 2.24) is 5.32 Å². The smallest absolute Gasteiger partial charge is 0.0525 e. The second-order valence-electron chi connectivity index (χ2n) is 5.63. The summed E-state index contributed by atoms with van der Waals surface area (Å²) in [5.74, 6) is 0. The van der Waals surface area contributed by atoms with Crippen LogP contribution in [0.3, 0.4) is 0 Å². The summed E-state index contributed by atoms with van der Waals surface area (Å²) in [7, 11) is 2.02. The Morgan fingerprint density at radius 2 is 2.19 bits per heavy atom. The molecular formula is C17H21BrN2S. The molecule has 0 saturated carbocycles. The zero-order chi connectivity index (χ0) is 15.0. The predicted octanol–water partition coefficient (Wildman–Crippen LogP) is 4.91. The van der Waals surface area contributed by atoms with Gasteiger partial charge in [-0.2, -0.15) is 0 Å². The third-order valence-corrected chi connectivity index (χ3v) is 5.97. The number of nitrogens with one attached hydrogen (secondary N) is 1. The lowest BCUT2D eigenvalue weighted by atomic mass is 9.97. The topological polar surface area (TPSA) is 15.3 Å². The highest BCUT2D eigenvalue weighted by molar-refractivity contribution is 9.10. The summed E-state index contributed by atoms with van der Waals surface area (Å²) in [6, 6.07) is 9.71. The molecule has 0 amide bonds. The molecule has 2 aromatic rings. The molecule has 3 rings (SSSR count). The molecule has 2 atom stereocenters. The minimum atomic E-state index is 0.351. The Kier molecular flexibility index (Phi) is 4.38. The zero-order valence-electron chi connectivity index (χ0n) is 12.7. The molecule has 1 aromatic carbocycles. The van der Waals surface area contributed by atoms with Crippen LogP contribution in [0.25, 0.3) is 0 Å². The fourth-order valence-corrected chi connectivity index (χ4v) is 4.44. The summed E-state index contributed by atoms with van der Waals surface area (Å²) in [6.45, 7) is 5.63. The number of hydrogen-bond acceptors (Lipinski definition) is 3. The molecule has 1 aliphatic heterocycles. The van der Waals surface area contributed by atoms with E-state index in [1.807, 2.05) is 18.4 Å². The zero-order valence-corrected chi connectivity index (χ0v) is 15.1. The van der Waals surface area contributed by atoms with Crippen LogP contribution in [-0.4, -0.2) is 13.6 Å². The van der Waals surface area contributed by atoms with Crippen LogP contribution in [0, 0.1) is 0 Å². The average Bonchev–Trinajstić information content (AvgIpc) is 2.96. The molecule has 0 fully saturated rings. The molecule has 112 valence electrons. The third-order valence-electron chi connectivity index (χ3n) is 4.48. The number of anilines is 1. The number of rotatable bonds is 3. The molecule has 1 aromatic heterocycles. The van der Waals surface area contributed by atoms with Gasteiger partial charge in [-0.15, -0.1) is 11.3 Å². The first kappa shape index (κ1) is 15.1. The molecule has 0 aliphatic carbocycles. The number of benzene rings is 1. The van der Waals surface area contributed by atoms with Crippen molar-refractivity contribution < 1.29 is 0 Å². The lowest BCUT2D eigenvalue weighted by Gasteiger charge is -2.37. The van der Waals surface area contributed by atoms with Gasteiger partial charge in [-0.25, -0.2) is 0 Å². The van der Waals surface area contributed by atoms with Gasteiger partial charge in [0, 0.05) is 27.6 Å². The molecule has 0 radical (unpaired) electrons. The van der Waals surface area contributed by atoms with Crippen LogP contribution < -0.4 is 10.2 Å². The van der Waals surface area contributed by atoms with Crippen LogP contribution in [0.1, 0.15) is 41.9 Å². The average molecular weight is 365 g/mol. The first-order valence-corrected chi connectivity index (χ1v) is 9.08.